The molecule has 0 aliphatic heterocycles. The summed E-state index contributed by atoms with van der Waals surface area (Å²) in [5, 5.41) is 8.77. The zero-order valence-electron chi connectivity index (χ0n) is 14.8. The molecule has 2 aromatic rings. The Morgan fingerprint density at radius 1 is 1.04 bits per heavy atom. The molecule has 136 valence electrons. The Kier molecular flexibility index (Phi) is 6.93. The van der Waals surface area contributed by atoms with E-state index in [0.717, 1.165) is 12.8 Å². The van der Waals surface area contributed by atoms with Crippen molar-refractivity contribution in [2.24, 2.45) is 0 Å². The van der Waals surface area contributed by atoms with E-state index in [9.17, 15) is 13.2 Å². The van der Waals surface area contributed by atoms with Crippen molar-refractivity contribution in [3.05, 3.63) is 71.3 Å². The van der Waals surface area contributed by atoms with Crippen LogP contribution < -0.4 is 0 Å². The van der Waals surface area contributed by atoms with Gasteiger partial charge >= 0.3 is 0 Å². The zero-order valence-corrected chi connectivity index (χ0v) is 15.6. The first-order valence-corrected chi connectivity index (χ1v) is 10.2. The fraction of sp³-hybridized carbons (Fsp3) is 0.300. The number of nitrogens with zero attached hydrogens (tertiary/aromatic N) is 2. The predicted molar refractivity (Wildman–Crippen MR) is 101 cm³/mol. The number of sulfone groups is 1. The van der Waals surface area contributed by atoms with E-state index >= 15 is 0 Å². The SMILES string of the molecule is CN(CCCc1ccccc1)C(=O)CS(=O)(=O)Cc1ccc(C#N)cc1. The van der Waals surface area contributed by atoms with E-state index in [2.05, 4.69) is 0 Å². The fourth-order valence-corrected chi connectivity index (χ4v) is 3.97. The normalized spacial score (nSPS) is 10.9. The Bertz CT molecular complexity index is 870. The van der Waals surface area contributed by atoms with Crippen molar-refractivity contribution in [1.29, 1.82) is 5.26 Å². The van der Waals surface area contributed by atoms with Gasteiger partial charge < -0.3 is 4.90 Å². The van der Waals surface area contributed by atoms with Crippen molar-refractivity contribution in [3.63, 3.8) is 0 Å². The van der Waals surface area contributed by atoms with Crippen LogP contribution in [0.4, 0.5) is 0 Å². The van der Waals surface area contributed by atoms with Gasteiger partial charge in [-0.2, -0.15) is 5.26 Å². The predicted octanol–water partition coefficient (Wildman–Crippen LogP) is 2.56. The van der Waals surface area contributed by atoms with Crippen LogP contribution in [0, 0.1) is 11.3 Å². The van der Waals surface area contributed by atoms with E-state index in [-0.39, 0.29) is 5.75 Å². The lowest BCUT2D eigenvalue weighted by molar-refractivity contribution is -0.127. The van der Waals surface area contributed by atoms with Crippen LogP contribution in [0.1, 0.15) is 23.1 Å². The summed E-state index contributed by atoms with van der Waals surface area (Å²) in [6, 6.07) is 18.3. The Labute approximate surface area is 154 Å². The molecule has 0 aliphatic rings. The van der Waals surface area contributed by atoms with Crippen molar-refractivity contribution < 1.29 is 13.2 Å². The summed E-state index contributed by atoms with van der Waals surface area (Å²) in [7, 11) is -1.92. The minimum Gasteiger partial charge on any atom is -0.345 e. The molecular formula is C20H22N2O3S. The van der Waals surface area contributed by atoms with Gasteiger partial charge in [-0.1, -0.05) is 42.5 Å². The molecule has 0 aliphatic carbocycles. The molecule has 0 N–H and O–H groups in total. The van der Waals surface area contributed by atoms with Crippen molar-refractivity contribution in [2.45, 2.75) is 18.6 Å². The molecular weight excluding hydrogens is 348 g/mol. The molecule has 2 aromatic carbocycles. The van der Waals surface area contributed by atoms with Crippen LogP contribution >= 0.6 is 0 Å². The second kappa shape index (κ2) is 9.16. The zero-order chi connectivity index (χ0) is 19.0. The van der Waals surface area contributed by atoms with Crippen molar-refractivity contribution in [1.82, 2.24) is 4.90 Å². The largest absolute Gasteiger partial charge is 0.345 e. The van der Waals surface area contributed by atoms with Gasteiger partial charge in [0.25, 0.3) is 0 Å². The summed E-state index contributed by atoms with van der Waals surface area (Å²) in [6.45, 7) is 0.514. The number of hydrogen-bond acceptors (Lipinski definition) is 4. The Hall–Kier alpha value is -2.65. The Morgan fingerprint density at radius 3 is 2.31 bits per heavy atom. The second-order valence-corrected chi connectivity index (χ2v) is 8.31. The molecule has 2 rings (SSSR count). The van der Waals surface area contributed by atoms with Crippen LogP contribution in [0.5, 0.6) is 0 Å². The third-order valence-electron chi connectivity index (χ3n) is 4.04. The summed E-state index contributed by atoms with van der Waals surface area (Å²) in [6.07, 6.45) is 1.62. The van der Waals surface area contributed by atoms with Crippen LogP contribution in [0.25, 0.3) is 0 Å². The highest BCUT2D eigenvalue weighted by Gasteiger charge is 2.20. The molecule has 6 heteroatoms. The molecule has 1 amide bonds. The summed E-state index contributed by atoms with van der Waals surface area (Å²) in [4.78, 5) is 13.7. The van der Waals surface area contributed by atoms with Gasteiger partial charge in [0.2, 0.25) is 5.91 Å². The number of carbonyl (C=O) groups excluding carboxylic acids is 1. The minimum atomic E-state index is -3.55. The standard InChI is InChI=1S/C20H22N2O3S/c1-22(13-5-8-17-6-3-2-4-7-17)20(23)16-26(24,25)15-19-11-9-18(14-21)10-12-19/h2-4,6-7,9-12H,5,8,13,15-16H2,1H3. The molecule has 0 radical (unpaired) electrons. The van der Waals surface area contributed by atoms with E-state index in [1.165, 1.54) is 10.5 Å². The van der Waals surface area contributed by atoms with Gasteiger partial charge in [0, 0.05) is 13.6 Å². The van der Waals surface area contributed by atoms with E-state index in [0.29, 0.717) is 17.7 Å². The molecule has 0 bridgehead atoms. The lowest BCUT2D eigenvalue weighted by Gasteiger charge is -2.17. The van der Waals surface area contributed by atoms with Crippen molar-refractivity contribution >= 4 is 15.7 Å². The van der Waals surface area contributed by atoms with Gasteiger partial charge in [-0.05, 0) is 36.1 Å². The maximum atomic E-state index is 12.3. The third kappa shape index (κ3) is 6.34. The average Bonchev–Trinajstić information content (AvgIpc) is 2.62. The van der Waals surface area contributed by atoms with Gasteiger partial charge in [-0.15, -0.1) is 0 Å². The van der Waals surface area contributed by atoms with Crippen LogP contribution in [0.15, 0.2) is 54.6 Å². The monoisotopic (exact) mass is 370 g/mol. The topological polar surface area (TPSA) is 78.2 Å². The minimum absolute atomic E-state index is 0.206. The third-order valence-corrected chi connectivity index (χ3v) is 5.50. The second-order valence-electron chi connectivity index (χ2n) is 6.25. The number of benzene rings is 2. The van der Waals surface area contributed by atoms with Crippen LogP contribution in [-0.2, 0) is 26.8 Å². The van der Waals surface area contributed by atoms with Crippen molar-refractivity contribution in [2.75, 3.05) is 19.3 Å². The number of amides is 1. The Morgan fingerprint density at radius 2 is 1.69 bits per heavy atom. The van der Waals surface area contributed by atoms with Gasteiger partial charge in [-0.3, -0.25) is 4.79 Å². The molecule has 0 saturated heterocycles. The fourth-order valence-electron chi connectivity index (χ4n) is 2.57. The number of rotatable bonds is 8. The van der Waals surface area contributed by atoms with Crippen LogP contribution in [0.2, 0.25) is 0 Å². The number of hydrogen-bond donors (Lipinski definition) is 0. The van der Waals surface area contributed by atoms with Crippen molar-refractivity contribution in [3.8, 4) is 6.07 Å². The molecule has 5 nitrogen and oxygen atoms in total. The first kappa shape index (κ1) is 19.7. The number of nitriles is 1. The molecule has 0 atom stereocenters. The summed E-state index contributed by atoms with van der Waals surface area (Å²) < 4.78 is 24.5. The number of aryl methyl sites for hydroxylation is 1. The lowest BCUT2D eigenvalue weighted by Crippen LogP contribution is -2.33. The van der Waals surface area contributed by atoms with Crippen LogP contribution in [-0.4, -0.2) is 38.6 Å². The molecule has 0 aromatic heterocycles. The van der Waals surface area contributed by atoms with E-state index in [1.54, 1.807) is 31.3 Å². The van der Waals surface area contributed by atoms with Gasteiger partial charge in [0.15, 0.2) is 9.84 Å². The molecule has 0 unspecified atom stereocenters. The van der Waals surface area contributed by atoms with Gasteiger partial charge in [-0.25, -0.2) is 8.42 Å². The average molecular weight is 370 g/mol. The van der Waals surface area contributed by atoms with Gasteiger partial charge in [0.1, 0.15) is 5.75 Å². The maximum absolute atomic E-state index is 12.3. The van der Waals surface area contributed by atoms with E-state index in [1.807, 2.05) is 36.4 Å². The Balaban J connectivity index is 1.83. The van der Waals surface area contributed by atoms with Gasteiger partial charge in [0.05, 0.1) is 17.4 Å². The maximum Gasteiger partial charge on any atom is 0.237 e. The summed E-state index contributed by atoms with van der Waals surface area (Å²) in [5.41, 5.74) is 2.24. The van der Waals surface area contributed by atoms with E-state index < -0.39 is 21.5 Å². The molecule has 0 spiro atoms. The first-order valence-electron chi connectivity index (χ1n) is 8.37. The molecule has 26 heavy (non-hydrogen) atoms. The first-order chi connectivity index (χ1) is 12.4. The summed E-state index contributed by atoms with van der Waals surface area (Å²) >= 11 is 0. The molecule has 0 heterocycles. The van der Waals surface area contributed by atoms with E-state index in [4.69, 9.17) is 5.26 Å². The molecule has 0 saturated carbocycles. The smallest absolute Gasteiger partial charge is 0.237 e. The quantitative estimate of drug-likeness (QED) is 0.715. The highest BCUT2D eigenvalue weighted by molar-refractivity contribution is 7.91. The van der Waals surface area contributed by atoms with Crippen LogP contribution in [0.3, 0.4) is 0 Å². The molecule has 0 fully saturated rings. The highest BCUT2D eigenvalue weighted by Crippen LogP contribution is 2.10. The highest BCUT2D eigenvalue weighted by atomic mass is 32.2. The lowest BCUT2D eigenvalue weighted by atomic mass is 10.1. The summed E-state index contributed by atoms with van der Waals surface area (Å²) in [5.74, 6) is -1.11. The number of carbonyl (C=O) groups is 1.